The third kappa shape index (κ3) is 10.0. The summed E-state index contributed by atoms with van der Waals surface area (Å²) in [6.45, 7) is 5.37. The fourth-order valence-electron chi connectivity index (χ4n) is 5.17. The Morgan fingerprint density at radius 2 is 1.70 bits per heavy atom. The normalized spacial score (nSPS) is 16.7. The third-order valence-electron chi connectivity index (χ3n) is 7.93. The van der Waals surface area contributed by atoms with Crippen molar-refractivity contribution in [2.75, 3.05) is 18.9 Å². The van der Waals surface area contributed by atoms with Crippen LogP contribution in [0.5, 0.6) is 11.5 Å². The van der Waals surface area contributed by atoms with Gasteiger partial charge in [0.2, 0.25) is 5.75 Å². The lowest BCUT2D eigenvalue weighted by Crippen LogP contribution is -2.27. The van der Waals surface area contributed by atoms with Gasteiger partial charge < -0.3 is 24.7 Å². The molecule has 1 saturated heterocycles. The Hall–Kier alpha value is -4.42. The van der Waals surface area contributed by atoms with Crippen molar-refractivity contribution in [1.29, 1.82) is 0 Å². The lowest BCUT2D eigenvalue weighted by Gasteiger charge is -2.29. The zero-order chi connectivity index (χ0) is 33.8. The maximum absolute atomic E-state index is 14.1. The standard InChI is InChI=1S/C35H42FN3O8/c1-3-5-7-8-9-10-23-21-44-35(45-22-23)25-14-17-30(38-20-25)24-12-15-26(16-13-24)46-33(40)27-18-31(39(42)43)32(19-29(27)37)47-34(41)28(36)11-6-4-2/h12-20,23,28,35H,3-11,21-22,37H2,1-2H3/t23-,28-,35-/m1/s1. The summed E-state index contributed by atoms with van der Waals surface area (Å²) in [6, 6.07) is 12.1. The summed E-state index contributed by atoms with van der Waals surface area (Å²) in [5.41, 5.74) is 6.94. The van der Waals surface area contributed by atoms with E-state index in [0.717, 1.165) is 29.7 Å². The van der Waals surface area contributed by atoms with Gasteiger partial charge in [-0.05, 0) is 43.2 Å². The summed E-state index contributed by atoms with van der Waals surface area (Å²) < 4.78 is 36.3. The van der Waals surface area contributed by atoms with E-state index in [2.05, 4.69) is 11.9 Å². The largest absolute Gasteiger partial charge is 0.423 e. The second-order valence-corrected chi connectivity index (χ2v) is 11.7. The number of nitrogens with zero attached hydrogens (tertiary/aromatic N) is 2. The van der Waals surface area contributed by atoms with E-state index in [1.165, 1.54) is 32.1 Å². The number of nitro groups is 1. The number of unbranched alkanes of at least 4 members (excludes halogenated alkanes) is 5. The number of nitrogen functional groups attached to an aromatic ring is 1. The van der Waals surface area contributed by atoms with E-state index in [9.17, 15) is 24.1 Å². The predicted molar refractivity (Wildman–Crippen MR) is 174 cm³/mol. The first kappa shape index (κ1) is 35.4. The van der Waals surface area contributed by atoms with Gasteiger partial charge in [-0.1, -0.05) is 64.9 Å². The van der Waals surface area contributed by atoms with Crippen LogP contribution in [-0.4, -0.2) is 41.2 Å². The average molecular weight is 652 g/mol. The molecule has 4 rings (SSSR count). The summed E-state index contributed by atoms with van der Waals surface area (Å²) in [6.07, 6.45) is 7.70. The molecule has 0 saturated carbocycles. The van der Waals surface area contributed by atoms with Crippen LogP contribution < -0.4 is 15.2 Å². The number of alkyl halides is 1. The van der Waals surface area contributed by atoms with E-state index < -0.39 is 40.8 Å². The Kier molecular flexibility index (Phi) is 13.2. The van der Waals surface area contributed by atoms with Crippen LogP contribution in [0.4, 0.5) is 15.8 Å². The van der Waals surface area contributed by atoms with Crippen molar-refractivity contribution >= 4 is 23.3 Å². The summed E-state index contributed by atoms with van der Waals surface area (Å²) in [4.78, 5) is 40.3. The fraction of sp³-hybridized carbons (Fsp3) is 0.457. The third-order valence-corrected chi connectivity index (χ3v) is 7.93. The number of aromatic nitrogens is 1. The number of esters is 2. The molecule has 3 aromatic rings. The molecule has 1 aliphatic rings. The second kappa shape index (κ2) is 17.5. The Balaban J connectivity index is 1.33. The first-order valence-electron chi connectivity index (χ1n) is 16.2. The molecule has 12 heteroatoms. The van der Waals surface area contributed by atoms with Gasteiger partial charge in [0.25, 0.3) is 0 Å². The molecule has 2 heterocycles. The Morgan fingerprint density at radius 1 is 1.00 bits per heavy atom. The predicted octanol–water partition coefficient (Wildman–Crippen LogP) is 7.91. The zero-order valence-corrected chi connectivity index (χ0v) is 26.8. The molecular formula is C35H42FN3O8. The number of nitro benzene ring substituents is 1. The topological polar surface area (TPSA) is 153 Å². The molecule has 2 aromatic carbocycles. The molecule has 252 valence electrons. The number of anilines is 1. The molecule has 0 unspecified atom stereocenters. The number of carbonyl (C=O) groups is 2. The van der Waals surface area contributed by atoms with E-state index >= 15 is 0 Å². The van der Waals surface area contributed by atoms with Crippen molar-refractivity contribution in [2.24, 2.45) is 5.92 Å². The van der Waals surface area contributed by atoms with Crippen LogP contribution in [0.2, 0.25) is 0 Å². The van der Waals surface area contributed by atoms with E-state index in [1.807, 2.05) is 19.1 Å². The SMILES string of the molecule is CCCCCCC[C@H]1CO[C@H](c2ccc(-c3ccc(OC(=O)c4cc([N+](=O)[O-])c(OC(=O)[C@H](F)CCCC)cc4N)cc3)nc2)OC1. The van der Waals surface area contributed by atoms with Gasteiger partial charge in [-0.25, -0.2) is 14.0 Å². The molecular weight excluding hydrogens is 609 g/mol. The number of nitrogens with two attached hydrogens (primary N) is 1. The fourth-order valence-corrected chi connectivity index (χ4v) is 5.17. The van der Waals surface area contributed by atoms with Gasteiger partial charge in [0.05, 0.1) is 35.1 Å². The highest BCUT2D eigenvalue weighted by molar-refractivity contribution is 5.98. The summed E-state index contributed by atoms with van der Waals surface area (Å²) in [5, 5.41) is 11.7. The highest BCUT2D eigenvalue weighted by Gasteiger charge is 2.28. The second-order valence-electron chi connectivity index (χ2n) is 11.7. The van der Waals surface area contributed by atoms with Gasteiger partial charge in [0.15, 0.2) is 12.5 Å². The Morgan fingerprint density at radius 3 is 2.34 bits per heavy atom. The van der Waals surface area contributed by atoms with Crippen molar-refractivity contribution in [1.82, 2.24) is 4.98 Å². The Labute approximate surface area is 273 Å². The molecule has 0 aliphatic carbocycles. The highest BCUT2D eigenvalue weighted by atomic mass is 19.1. The molecule has 0 bridgehead atoms. The zero-order valence-electron chi connectivity index (χ0n) is 26.8. The van der Waals surface area contributed by atoms with Crippen molar-refractivity contribution in [3.8, 4) is 22.8 Å². The van der Waals surface area contributed by atoms with Crippen LogP contribution in [0.1, 0.15) is 93.8 Å². The lowest BCUT2D eigenvalue weighted by molar-refractivity contribution is -0.385. The molecule has 0 amide bonds. The minimum Gasteiger partial charge on any atom is -0.423 e. The van der Waals surface area contributed by atoms with E-state index in [-0.39, 0.29) is 23.4 Å². The number of benzene rings is 2. The van der Waals surface area contributed by atoms with Crippen molar-refractivity contribution in [2.45, 2.75) is 84.1 Å². The number of carbonyl (C=O) groups excluding carboxylic acids is 2. The van der Waals surface area contributed by atoms with Crippen molar-refractivity contribution < 1.29 is 37.9 Å². The van der Waals surface area contributed by atoms with Crippen LogP contribution >= 0.6 is 0 Å². The number of ether oxygens (including phenoxy) is 4. The van der Waals surface area contributed by atoms with Crippen LogP contribution in [-0.2, 0) is 14.3 Å². The van der Waals surface area contributed by atoms with Crippen LogP contribution in [0, 0.1) is 16.0 Å². The van der Waals surface area contributed by atoms with Crippen LogP contribution in [0.15, 0.2) is 54.7 Å². The first-order chi connectivity index (χ1) is 22.7. The van der Waals surface area contributed by atoms with E-state index in [1.54, 1.807) is 30.5 Å². The summed E-state index contributed by atoms with van der Waals surface area (Å²) in [7, 11) is 0. The molecule has 47 heavy (non-hydrogen) atoms. The monoisotopic (exact) mass is 651 g/mol. The van der Waals surface area contributed by atoms with Crippen LogP contribution in [0.25, 0.3) is 11.3 Å². The molecule has 0 spiro atoms. The molecule has 0 radical (unpaired) electrons. The molecule has 1 aromatic heterocycles. The maximum Gasteiger partial charge on any atom is 0.346 e. The van der Waals surface area contributed by atoms with Gasteiger partial charge in [-0.3, -0.25) is 15.1 Å². The van der Waals surface area contributed by atoms with Gasteiger partial charge in [0, 0.05) is 35.4 Å². The first-order valence-corrected chi connectivity index (χ1v) is 16.2. The Bertz CT molecular complexity index is 1490. The number of pyridine rings is 1. The number of rotatable bonds is 16. The number of hydrogen-bond donors (Lipinski definition) is 1. The van der Waals surface area contributed by atoms with Crippen LogP contribution in [0.3, 0.4) is 0 Å². The minimum atomic E-state index is -1.95. The minimum absolute atomic E-state index is 0.0761. The van der Waals surface area contributed by atoms with Gasteiger partial charge in [-0.2, -0.15) is 0 Å². The molecule has 2 N–H and O–H groups in total. The quantitative estimate of drug-likeness (QED) is 0.0403. The molecule has 1 atom stereocenters. The smallest absolute Gasteiger partial charge is 0.346 e. The number of hydrogen-bond acceptors (Lipinski definition) is 10. The number of halogens is 1. The summed E-state index contributed by atoms with van der Waals surface area (Å²) >= 11 is 0. The van der Waals surface area contributed by atoms with Gasteiger partial charge in [0.1, 0.15) is 5.75 Å². The van der Waals surface area contributed by atoms with E-state index in [4.69, 9.17) is 24.7 Å². The van der Waals surface area contributed by atoms with Crippen molar-refractivity contribution in [3.05, 3.63) is 76.0 Å². The molecule has 1 fully saturated rings. The average Bonchev–Trinajstić information content (AvgIpc) is 3.07. The van der Waals surface area contributed by atoms with Gasteiger partial charge >= 0.3 is 17.6 Å². The van der Waals surface area contributed by atoms with Crippen molar-refractivity contribution in [3.63, 3.8) is 0 Å². The lowest BCUT2D eigenvalue weighted by atomic mass is 10.0. The molecule has 1 aliphatic heterocycles. The molecule has 11 nitrogen and oxygen atoms in total. The van der Waals surface area contributed by atoms with Gasteiger partial charge in [-0.15, -0.1) is 0 Å². The highest BCUT2D eigenvalue weighted by Crippen LogP contribution is 2.34. The van der Waals surface area contributed by atoms with E-state index in [0.29, 0.717) is 37.7 Å². The summed E-state index contributed by atoms with van der Waals surface area (Å²) in [5.74, 6) is -2.22. The maximum atomic E-state index is 14.1.